The zero-order valence-corrected chi connectivity index (χ0v) is 15.0. The lowest BCUT2D eigenvalue weighted by Crippen LogP contribution is -2.23. The second-order valence-electron chi connectivity index (χ2n) is 6.96. The van der Waals surface area contributed by atoms with Gasteiger partial charge in [-0.25, -0.2) is 4.79 Å². The number of fused-ring (bicyclic) bond motifs is 1. The van der Waals surface area contributed by atoms with Crippen LogP contribution in [-0.4, -0.2) is 11.8 Å². The van der Waals surface area contributed by atoms with Crippen LogP contribution >= 0.6 is 11.6 Å². The van der Waals surface area contributed by atoms with E-state index in [0.717, 1.165) is 30.7 Å². The molecule has 0 bridgehead atoms. The topological polar surface area (TPSA) is 43.4 Å². The molecule has 0 radical (unpaired) electrons. The molecule has 1 aliphatic carbocycles. The lowest BCUT2D eigenvalue weighted by molar-refractivity contribution is 0.0559. The minimum absolute atomic E-state index is 0.184. The number of ether oxygens (including phenoxy) is 1. The normalized spacial score (nSPS) is 24.3. The van der Waals surface area contributed by atoms with Crippen LogP contribution in [0, 0.1) is 5.92 Å². The quantitative estimate of drug-likeness (QED) is 0.517. The van der Waals surface area contributed by atoms with Gasteiger partial charge >= 0.3 is 5.97 Å². The van der Waals surface area contributed by atoms with Gasteiger partial charge in [0.1, 0.15) is 0 Å². The van der Waals surface area contributed by atoms with E-state index in [4.69, 9.17) is 16.3 Å². The Hall–Kier alpha value is -2.39. The highest BCUT2D eigenvalue weighted by molar-refractivity contribution is 6.30. The molecule has 0 unspecified atom stereocenters. The Balaban J connectivity index is 1.46. The number of hydrogen-bond acceptors (Lipinski definition) is 3. The van der Waals surface area contributed by atoms with E-state index >= 15 is 0 Å². The van der Waals surface area contributed by atoms with E-state index in [1.165, 1.54) is 5.56 Å². The number of esters is 1. The van der Waals surface area contributed by atoms with Gasteiger partial charge in [0.25, 0.3) is 0 Å². The lowest BCUT2D eigenvalue weighted by Gasteiger charge is -2.28. The van der Waals surface area contributed by atoms with Gasteiger partial charge in [0.15, 0.2) is 5.76 Å². The summed E-state index contributed by atoms with van der Waals surface area (Å²) in [5.74, 6) is 0.327. The van der Waals surface area contributed by atoms with E-state index in [1.807, 2.05) is 18.2 Å². The lowest BCUT2D eigenvalue weighted by atomic mass is 9.78. The summed E-state index contributed by atoms with van der Waals surface area (Å²) in [5, 5.41) is 0.755. The highest BCUT2D eigenvalue weighted by Gasteiger charge is 2.31. The third kappa shape index (κ3) is 3.32. The Morgan fingerprint density at radius 3 is 2.23 bits per heavy atom. The number of ketones is 1. The molecule has 1 heterocycles. The number of halogens is 1. The molecule has 0 amide bonds. The molecule has 26 heavy (non-hydrogen) atoms. The van der Waals surface area contributed by atoms with E-state index in [0.29, 0.717) is 17.0 Å². The van der Waals surface area contributed by atoms with Gasteiger partial charge in [-0.2, -0.15) is 0 Å². The smallest absolute Gasteiger partial charge is 0.344 e. The number of carbonyl (C=O) groups is 2. The molecule has 4 heteroatoms. The van der Waals surface area contributed by atoms with E-state index in [2.05, 4.69) is 12.1 Å². The fraction of sp³-hybridized carbons (Fsp3) is 0.273. The first-order valence-electron chi connectivity index (χ1n) is 8.95. The summed E-state index contributed by atoms with van der Waals surface area (Å²) in [4.78, 5) is 24.7. The monoisotopic (exact) mass is 366 g/mol. The molecule has 0 saturated heterocycles. The van der Waals surface area contributed by atoms with Crippen molar-refractivity contribution in [3.63, 3.8) is 0 Å². The van der Waals surface area contributed by atoms with Crippen LogP contribution in [0.25, 0.3) is 0 Å². The van der Waals surface area contributed by atoms with Gasteiger partial charge < -0.3 is 4.74 Å². The van der Waals surface area contributed by atoms with Crippen LogP contribution in [-0.2, 0) is 4.74 Å². The van der Waals surface area contributed by atoms with Crippen molar-refractivity contribution < 1.29 is 14.3 Å². The van der Waals surface area contributed by atoms with Gasteiger partial charge in [-0.1, -0.05) is 41.9 Å². The first kappa shape index (κ1) is 17.0. The van der Waals surface area contributed by atoms with Crippen molar-refractivity contribution in [2.75, 3.05) is 0 Å². The van der Waals surface area contributed by atoms with Crippen LogP contribution in [0.1, 0.15) is 57.9 Å². The standard InChI is InChI=1S/C22H19ClO3/c23-17-11-9-16(10-12-17)15-7-5-14(6-8-15)13-20-21(24)18-3-1-2-4-19(18)22(25)26-20/h1-4,9-15H,5-8H2/b20-13-/t14-,15-. The van der Waals surface area contributed by atoms with Crippen LogP contribution in [0.3, 0.4) is 0 Å². The highest BCUT2D eigenvalue weighted by atomic mass is 35.5. The van der Waals surface area contributed by atoms with Gasteiger partial charge in [-0.15, -0.1) is 0 Å². The average molecular weight is 367 g/mol. The number of rotatable bonds is 2. The summed E-state index contributed by atoms with van der Waals surface area (Å²) in [6.07, 6.45) is 5.91. The van der Waals surface area contributed by atoms with Crippen molar-refractivity contribution in [1.82, 2.24) is 0 Å². The molecule has 1 saturated carbocycles. The number of cyclic esters (lactones) is 1. The van der Waals surface area contributed by atoms with Gasteiger partial charge in [-0.3, -0.25) is 4.79 Å². The Bertz CT molecular complexity index is 875. The second kappa shape index (κ2) is 7.08. The number of carbonyl (C=O) groups excluding carboxylic acids is 2. The molecular formula is C22H19ClO3. The van der Waals surface area contributed by atoms with E-state index in [1.54, 1.807) is 24.3 Å². The van der Waals surface area contributed by atoms with Gasteiger partial charge in [-0.05, 0) is 67.4 Å². The largest absolute Gasteiger partial charge is 0.419 e. The minimum atomic E-state index is -0.443. The maximum atomic E-state index is 12.6. The van der Waals surface area contributed by atoms with E-state index in [-0.39, 0.29) is 17.5 Å². The highest BCUT2D eigenvalue weighted by Crippen LogP contribution is 2.37. The minimum Gasteiger partial charge on any atom is -0.419 e. The molecule has 2 aliphatic rings. The maximum Gasteiger partial charge on any atom is 0.344 e. The van der Waals surface area contributed by atoms with Crippen molar-refractivity contribution in [2.45, 2.75) is 31.6 Å². The fourth-order valence-electron chi connectivity index (χ4n) is 3.87. The average Bonchev–Trinajstić information content (AvgIpc) is 2.67. The van der Waals surface area contributed by atoms with E-state index in [9.17, 15) is 9.59 Å². The SMILES string of the molecule is O=C1O/C(=C\[C@H]2CC[C@H](c3ccc(Cl)cc3)CC2)C(=O)c2ccccc21. The molecule has 4 rings (SSSR count). The van der Waals surface area contributed by atoms with Crippen molar-refractivity contribution >= 4 is 23.4 Å². The summed E-state index contributed by atoms with van der Waals surface area (Å²) < 4.78 is 5.31. The van der Waals surface area contributed by atoms with Gasteiger partial charge in [0.05, 0.1) is 5.56 Å². The van der Waals surface area contributed by atoms with Gasteiger partial charge in [0, 0.05) is 10.6 Å². The molecule has 1 aliphatic heterocycles. The van der Waals surface area contributed by atoms with Crippen LogP contribution in [0.2, 0.25) is 5.02 Å². The molecule has 2 aromatic carbocycles. The predicted molar refractivity (Wildman–Crippen MR) is 100 cm³/mol. The summed E-state index contributed by atoms with van der Waals surface area (Å²) in [5.41, 5.74) is 2.10. The predicted octanol–water partition coefficient (Wildman–Crippen LogP) is 5.55. The van der Waals surface area contributed by atoms with Crippen molar-refractivity contribution in [1.29, 1.82) is 0 Å². The van der Waals surface area contributed by atoms with Crippen LogP contribution in [0.5, 0.6) is 0 Å². The molecular weight excluding hydrogens is 348 g/mol. The van der Waals surface area contributed by atoms with Crippen molar-refractivity contribution in [2.24, 2.45) is 5.92 Å². The summed E-state index contributed by atoms with van der Waals surface area (Å²) in [7, 11) is 0. The van der Waals surface area contributed by atoms with E-state index < -0.39 is 5.97 Å². The molecule has 1 fully saturated rings. The van der Waals surface area contributed by atoms with Crippen LogP contribution in [0.4, 0.5) is 0 Å². The second-order valence-corrected chi connectivity index (χ2v) is 7.39. The molecule has 0 spiro atoms. The molecule has 3 nitrogen and oxygen atoms in total. The van der Waals surface area contributed by atoms with Crippen LogP contribution in [0.15, 0.2) is 60.4 Å². The molecule has 0 atom stereocenters. The van der Waals surface area contributed by atoms with Gasteiger partial charge in [0.2, 0.25) is 5.78 Å². The third-order valence-corrected chi connectivity index (χ3v) is 5.57. The molecule has 132 valence electrons. The fourth-order valence-corrected chi connectivity index (χ4v) is 4.00. The summed E-state index contributed by atoms with van der Waals surface area (Å²) >= 11 is 5.96. The zero-order chi connectivity index (χ0) is 18.1. The third-order valence-electron chi connectivity index (χ3n) is 5.32. The first-order valence-corrected chi connectivity index (χ1v) is 9.33. The first-order chi connectivity index (χ1) is 12.6. The number of hydrogen-bond donors (Lipinski definition) is 0. The maximum absolute atomic E-state index is 12.6. The Morgan fingerprint density at radius 1 is 0.885 bits per heavy atom. The Morgan fingerprint density at radius 2 is 1.54 bits per heavy atom. The van der Waals surface area contributed by atoms with Crippen LogP contribution < -0.4 is 0 Å². The summed E-state index contributed by atoms with van der Waals surface area (Å²) in [6, 6.07) is 14.9. The van der Waals surface area contributed by atoms with Crippen molar-refractivity contribution in [3.8, 4) is 0 Å². The Labute approximate surface area is 157 Å². The number of benzene rings is 2. The zero-order valence-electron chi connectivity index (χ0n) is 14.3. The Kier molecular flexibility index (Phi) is 4.64. The molecule has 2 aromatic rings. The van der Waals surface area contributed by atoms with Crippen molar-refractivity contribution in [3.05, 3.63) is 82.1 Å². The summed E-state index contributed by atoms with van der Waals surface area (Å²) in [6.45, 7) is 0. The molecule has 0 aromatic heterocycles. The molecule has 0 N–H and O–H groups in total. The number of allylic oxidation sites excluding steroid dienone is 2. The number of Topliss-reactive ketones (excluding diaryl/α,β-unsaturated/α-hetero) is 1.